The van der Waals surface area contributed by atoms with Gasteiger partial charge in [-0.3, -0.25) is 4.98 Å². The lowest BCUT2D eigenvalue weighted by atomic mass is 10.2. The average molecular weight is 231 g/mol. The third-order valence-electron chi connectivity index (χ3n) is 2.51. The fourth-order valence-electron chi connectivity index (χ4n) is 1.49. The molecule has 0 aliphatic heterocycles. The molecule has 3 N–H and O–H groups in total. The highest BCUT2D eigenvalue weighted by atomic mass is 19.1. The van der Waals surface area contributed by atoms with E-state index in [9.17, 15) is 4.39 Å². The second-order valence-corrected chi connectivity index (χ2v) is 3.86. The molecule has 1 aromatic heterocycles. The zero-order valence-corrected chi connectivity index (χ0v) is 9.57. The summed E-state index contributed by atoms with van der Waals surface area (Å²) in [4.78, 5) is 4.19. The second kappa shape index (κ2) is 4.82. The Morgan fingerprint density at radius 1 is 1.29 bits per heavy atom. The van der Waals surface area contributed by atoms with Crippen LogP contribution >= 0.6 is 0 Å². The van der Waals surface area contributed by atoms with Crippen LogP contribution in [0.4, 0.5) is 15.8 Å². The summed E-state index contributed by atoms with van der Waals surface area (Å²) in [7, 11) is 0. The van der Waals surface area contributed by atoms with E-state index in [2.05, 4.69) is 10.3 Å². The number of nitrogens with two attached hydrogens (primary N) is 1. The number of anilines is 2. The van der Waals surface area contributed by atoms with Crippen LogP contribution in [0.25, 0.3) is 0 Å². The van der Waals surface area contributed by atoms with E-state index in [0.717, 1.165) is 11.3 Å². The van der Waals surface area contributed by atoms with Crippen LogP contribution in [-0.2, 0) is 6.54 Å². The van der Waals surface area contributed by atoms with Crippen molar-refractivity contribution in [1.82, 2.24) is 4.98 Å². The normalized spacial score (nSPS) is 10.2. The second-order valence-electron chi connectivity index (χ2n) is 3.86. The van der Waals surface area contributed by atoms with E-state index in [1.54, 1.807) is 18.3 Å². The molecule has 0 atom stereocenters. The van der Waals surface area contributed by atoms with E-state index in [1.807, 2.05) is 19.1 Å². The van der Waals surface area contributed by atoms with Crippen molar-refractivity contribution in [1.29, 1.82) is 0 Å². The largest absolute Gasteiger partial charge is 0.395 e. The van der Waals surface area contributed by atoms with Gasteiger partial charge in [-0.1, -0.05) is 12.1 Å². The summed E-state index contributed by atoms with van der Waals surface area (Å²) in [6, 6.07) is 8.63. The fourth-order valence-corrected chi connectivity index (χ4v) is 1.49. The molecule has 0 aliphatic rings. The van der Waals surface area contributed by atoms with E-state index < -0.39 is 5.82 Å². The minimum absolute atomic E-state index is 0.146. The van der Waals surface area contributed by atoms with E-state index in [1.165, 1.54) is 6.07 Å². The molecule has 88 valence electrons. The molecule has 2 rings (SSSR count). The molecule has 17 heavy (non-hydrogen) atoms. The lowest BCUT2D eigenvalue weighted by Gasteiger charge is -2.09. The Bertz CT molecular complexity index is 509. The Morgan fingerprint density at radius 3 is 2.82 bits per heavy atom. The fraction of sp³-hybridized carbons (Fsp3) is 0.154. The zero-order valence-electron chi connectivity index (χ0n) is 9.57. The molecule has 3 nitrogen and oxygen atoms in total. The lowest BCUT2D eigenvalue weighted by molar-refractivity contribution is 0.633. The van der Waals surface area contributed by atoms with Gasteiger partial charge in [0.05, 0.1) is 11.4 Å². The maximum absolute atomic E-state index is 13.2. The van der Waals surface area contributed by atoms with Crippen molar-refractivity contribution in [3.63, 3.8) is 0 Å². The van der Waals surface area contributed by atoms with Crippen LogP contribution in [0, 0.1) is 12.7 Å². The van der Waals surface area contributed by atoms with Crippen LogP contribution in [0.2, 0.25) is 0 Å². The van der Waals surface area contributed by atoms with Crippen molar-refractivity contribution in [3.05, 3.63) is 53.6 Å². The van der Waals surface area contributed by atoms with Gasteiger partial charge in [0.1, 0.15) is 5.82 Å². The third-order valence-corrected chi connectivity index (χ3v) is 2.51. The van der Waals surface area contributed by atoms with Crippen LogP contribution < -0.4 is 11.1 Å². The number of para-hydroxylation sites is 1. The molecular weight excluding hydrogens is 217 g/mol. The molecule has 0 saturated carbocycles. The van der Waals surface area contributed by atoms with Gasteiger partial charge in [-0.25, -0.2) is 4.39 Å². The van der Waals surface area contributed by atoms with Crippen molar-refractivity contribution in [2.75, 3.05) is 11.1 Å². The highest BCUT2D eigenvalue weighted by Gasteiger charge is 2.03. The number of rotatable bonds is 3. The first-order chi connectivity index (χ1) is 8.16. The minimum Gasteiger partial charge on any atom is -0.395 e. The Balaban J connectivity index is 2.07. The van der Waals surface area contributed by atoms with Gasteiger partial charge in [0, 0.05) is 18.4 Å². The average Bonchev–Trinajstić information content (AvgIpc) is 2.33. The maximum Gasteiger partial charge on any atom is 0.148 e. The first-order valence-electron chi connectivity index (χ1n) is 5.36. The molecule has 4 heteroatoms. The van der Waals surface area contributed by atoms with Crippen LogP contribution in [0.3, 0.4) is 0 Å². The molecule has 0 amide bonds. The van der Waals surface area contributed by atoms with Crippen LogP contribution in [0.1, 0.15) is 11.3 Å². The summed E-state index contributed by atoms with van der Waals surface area (Å²) >= 11 is 0. The molecular formula is C13H14FN3. The highest BCUT2D eigenvalue weighted by Crippen LogP contribution is 2.21. The van der Waals surface area contributed by atoms with Crippen molar-refractivity contribution in [3.8, 4) is 0 Å². The molecule has 1 aromatic carbocycles. The Labute approximate surface area is 99.5 Å². The molecule has 0 saturated heterocycles. The van der Waals surface area contributed by atoms with Gasteiger partial charge in [0.25, 0.3) is 0 Å². The molecule has 2 aromatic rings. The van der Waals surface area contributed by atoms with Crippen LogP contribution in [-0.4, -0.2) is 4.98 Å². The van der Waals surface area contributed by atoms with Crippen molar-refractivity contribution in [2.45, 2.75) is 13.5 Å². The molecule has 1 heterocycles. The number of benzene rings is 1. The predicted molar refractivity (Wildman–Crippen MR) is 67.1 cm³/mol. The standard InChI is InChI=1S/C13H14FN3/c1-9-5-6-10(7-16-9)8-17-12-4-2-3-11(14)13(12)15/h2-7,17H,8,15H2,1H3. The van der Waals surface area contributed by atoms with E-state index in [-0.39, 0.29) is 5.69 Å². The number of aryl methyl sites for hydroxylation is 1. The number of hydrogen-bond acceptors (Lipinski definition) is 3. The van der Waals surface area contributed by atoms with Gasteiger partial charge in [-0.2, -0.15) is 0 Å². The summed E-state index contributed by atoms with van der Waals surface area (Å²) < 4.78 is 13.2. The van der Waals surface area contributed by atoms with Crippen LogP contribution in [0.5, 0.6) is 0 Å². The molecule has 0 bridgehead atoms. The Morgan fingerprint density at radius 2 is 2.12 bits per heavy atom. The number of nitrogens with zero attached hydrogens (tertiary/aromatic N) is 1. The first-order valence-corrected chi connectivity index (χ1v) is 5.36. The van der Waals surface area contributed by atoms with Gasteiger partial charge >= 0.3 is 0 Å². The summed E-state index contributed by atoms with van der Waals surface area (Å²) in [5, 5.41) is 3.08. The van der Waals surface area contributed by atoms with Gasteiger partial charge in [-0.05, 0) is 30.7 Å². The van der Waals surface area contributed by atoms with E-state index in [0.29, 0.717) is 12.2 Å². The first kappa shape index (κ1) is 11.4. The number of nitrogens with one attached hydrogen (secondary N) is 1. The van der Waals surface area contributed by atoms with Gasteiger partial charge in [-0.15, -0.1) is 0 Å². The van der Waals surface area contributed by atoms with E-state index in [4.69, 9.17) is 5.73 Å². The zero-order chi connectivity index (χ0) is 12.3. The van der Waals surface area contributed by atoms with Gasteiger partial charge in [0.2, 0.25) is 0 Å². The number of nitrogen functional groups attached to an aromatic ring is 1. The monoisotopic (exact) mass is 231 g/mol. The van der Waals surface area contributed by atoms with Crippen molar-refractivity contribution >= 4 is 11.4 Å². The van der Waals surface area contributed by atoms with Crippen molar-refractivity contribution in [2.24, 2.45) is 0 Å². The Hall–Kier alpha value is -2.10. The quantitative estimate of drug-likeness (QED) is 0.798. The number of aromatic nitrogens is 1. The maximum atomic E-state index is 13.2. The lowest BCUT2D eigenvalue weighted by Crippen LogP contribution is -2.04. The third kappa shape index (κ3) is 2.72. The topological polar surface area (TPSA) is 50.9 Å². The summed E-state index contributed by atoms with van der Waals surface area (Å²) in [6.07, 6.45) is 1.79. The predicted octanol–water partition coefficient (Wildman–Crippen LogP) is 2.72. The molecule has 0 spiro atoms. The molecule has 0 radical (unpaired) electrons. The number of hydrogen-bond donors (Lipinski definition) is 2. The summed E-state index contributed by atoms with van der Waals surface area (Å²) in [6.45, 7) is 2.50. The molecule has 0 unspecified atom stereocenters. The van der Waals surface area contributed by atoms with E-state index >= 15 is 0 Å². The molecule has 0 fully saturated rings. The molecule has 0 aliphatic carbocycles. The van der Waals surface area contributed by atoms with Crippen LogP contribution in [0.15, 0.2) is 36.5 Å². The number of pyridine rings is 1. The smallest absolute Gasteiger partial charge is 0.148 e. The highest BCUT2D eigenvalue weighted by molar-refractivity contribution is 5.66. The van der Waals surface area contributed by atoms with Crippen molar-refractivity contribution < 1.29 is 4.39 Å². The Kier molecular flexibility index (Phi) is 3.23. The summed E-state index contributed by atoms with van der Waals surface area (Å²) in [5.41, 5.74) is 8.36. The van der Waals surface area contributed by atoms with Gasteiger partial charge < -0.3 is 11.1 Å². The SMILES string of the molecule is Cc1ccc(CNc2cccc(F)c2N)cn1. The van der Waals surface area contributed by atoms with Gasteiger partial charge in [0.15, 0.2) is 0 Å². The minimum atomic E-state index is -0.406. The number of halogens is 1. The summed E-state index contributed by atoms with van der Waals surface area (Å²) in [5.74, 6) is -0.406.